The molecule has 0 bridgehead atoms. The number of carbonyl (C=O) groups excluding carboxylic acids is 2. The highest BCUT2D eigenvalue weighted by Crippen LogP contribution is 2.11. The van der Waals surface area contributed by atoms with Crippen molar-refractivity contribution in [2.75, 3.05) is 19.8 Å². The van der Waals surface area contributed by atoms with Crippen LogP contribution in [-0.4, -0.2) is 37.7 Å². The van der Waals surface area contributed by atoms with Crippen LogP contribution in [0.5, 0.6) is 0 Å². The van der Waals surface area contributed by atoms with Gasteiger partial charge >= 0.3 is 5.97 Å². The number of carbonyl (C=O) groups is 2. The number of aryl methyl sites for hydroxylation is 1. The molecule has 0 aliphatic carbocycles. The zero-order chi connectivity index (χ0) is 16.4. The first-order valence-electron chi connectivity index (χ1n) is 7.77. The van der Waals surface area contributed by atoms with Crippen LogP contribution in [0.3, 0.4) is 0 Å². The molecule has 22 heavy (non-hydrogen) atoms. The summed E-state index contributed by atoms with van der Waals surface area (Å²) >= 11 is 0. The highest BCUT2D eigenvalue weighted by molar-refractivity contribution is 5.98. The second-order valence-corrected chi connectivity index (χ2v) is 4.84. The maximum absolute atomic E-state index is 12.4. The van der Waals surface area contributed by atoms with Crippen molar-refractivity contribution >= 4 is 11.9 Å². The molecule has 0 aliphatic heterocycles. The molecule has 0 radical (unpaired) electrons. The van der Waals surface area contributed by atoms with Gasteiger partial charge in [-0.3, -0.25) is 4.79 Å². The molecule has 0 aliphatic rings. The van der Waals surface area contributed by atoms with Crippen LogP contribution >= 0.6 is 0 Å². The number of benzene rings is 1. The topological polar surface area (TPSA) is 64.6 Å². The molecule has 1 rings (SSSR count). The van der Waals surface area contributed by atoms with Gasteiger partial charge in [0.2, 0.25) is 0 Å². The summed E-state index contributed by atoms with van der Waals surface area (Å²) in [6.07, 6.45) is 1.77. The van der Waals surface area contributed by atoms with Gasteiger partial charge < -0.3 is 14.8 Å². The normalized spacial score (nSPS) is 11.8. The van der Waals surface area contributed by atoms with E-state index in [-0.39, 0.29) is 19.1 Å². The van der Waals surface area contributed by atoms with Gasteiger partial charge in [0.15, 0.2) is 6.04 Å². The zero-order valence-electron chi connectivity index (χ0n) is 13.6. The lowest BCUT2D eigenvalue weighted by molar-refractivity contribution is -0.147. The van der Waals surface area contributed by atoms with Crippen molar-refractivity contribution in [2.24, 2.45) is 0 Å². The molecular formula is C17H25NO4. The van der Waals surface area contributed by atoms with E-state index >= 15 is 0 Å². The Kier molecular flexibility index (Phi) is 8.22. The van der Waals surface area contributed by atoms with Gasteiger partial charge in [0.05, 0.1) is 13.2 Å². The molecule has 0 aromatic heterocycles. The van der Waals surface area contributed by atoms with E-state index < -0.39 is 12.0 Å². The van der Waals surface area contributed by atoms with Crippen molar-refractivity contribution in [1.82, 2.24) is 5.32 Å². The molecule has 1 unspecified atom stereocenters. The number of amides is 1. The SMILES string of the molecule is CCCc1ccccc1C(=O)NC(COCC)C(=O)OCC. The standard InChI is InChI=1S/C17H25NO4/c1-4-9-13-10-7-8-11-14(13)16(19)18-15(12-21-5-2)17(20)22-6-3/h7-8,10-11,15H,4-6,9,12H2,1-3H3,(H,18,19). The highest BCUT2D eigenvalue weighted by atomic mass is 16.5. The maximum atomic E-state index is 12.4. The van der Waals surface area contributed by atoms with E-state index in [1.807, 2.05) is 25.1 Å². The van der Waals surface area contributed by atoms with Gasteiger partial charge in [0, 0.05) is 12.2 Å². The van der Waals surface area contributed by atoms with Crippen LogP contribution in [0.4, 0.5) is 0 Å². The molecule has 1 amide bonds. The quantitative estimate of drug-likeness (QED) is 0.711. The van der Waals surface area contributed by atoms with Crippen molar-refractivity contribution in [3.8, 4) is 0 Å². The van der Waals surface area contributed by atoms with Crippen LogP contribution in [-0.2, 0) is 20.7 Å². The lowest BCUT2D eigenvalue weighted by atomic mass is 10.0. The van der Waals surface area contributed by atoms with E-state index in [1.165, 1.54) is 0 Å². The minimum absolute atomic E-state index is 0.108. The van der Waals surface area contributed by atoms with Crippen molar-refractivity contribution < 1.29 is 19.1 Å². The van der Waals surface area contributed by atoms with Crippen molar-refractivity contribution in [3.63, 3.8) is 0 Å². The minimum Gasteiger partial charge on any atom is -0.464 e. The lowest BCUT2D eigenvalue weighted by Crippen LogP contribution is -2.45. The Morgan fingerprint density at radius 3 is 2.50 bits per heavy atom. The number of nitrogens with one attached hydrogen (secondary N) is 1. The number of hydrogen-bond acceptors (Lipinski definition) is 4. The smallest absolute Gasteiger partial charge is 0.331 e. The minimum atomic E-state index is -0.790. The summed E-state index contributed by atoms with van der Waals surface area (Å²) in [7, 11) is 0. The summed E-state index contributed by atoms with van der Waals surface area (Å²) in [5.41, 5.74) is 1.57. The van der Waals surface area contributed by atoms with E-state index in [4.69, 9.17) is 9.47 Å². The van der Waals surface area contributed by atoms with Crippen LogP contribution in [0.15, 0.2) is 24.3 Å². The molecular weight excluding hydrogens is 282 g/mol. The number of esters is 1. The van der Waals surface area contributed by atoms with Gasteiger partial charge in [0.1, 0.15) is 0 Å². The second-order valence-electron chi connectivity index (χ2n) is 4.84. The van der Waals surface area contributed by atoms with E-state index in [2.05, 4.69) is 12.2 Å². The molecule has 1 aromatic carbocycles. The number of hydrogen-bond donors (Lipinski definition) is 1. The van der Waals surface area contributed by atoms with Gasteiger partial charge in [0.25, 0.3) is 5.91 Å². The third-order valence-electron chi connectivity index (χ3n) is 3.15. The fourth-order valence-corrected chi connectivity index (χ4v) is 2.11. The molecule has 5 heteroatoms. The molecule has 0 fully saturated rings. The van der Waals surface area contributed by atoms with E-state index in [0.29, 0.717) is 12.2 Å². The Labute approximate surface area is 132 Å². The molecule has 122 valence electrons. The Morgan fingerprint density at radius 1 is 1.14 bits per heavy atom. The maximum Gasteiger partial charge on any atom is 0.331 e. The lowest BCUT2D eigenvalue weighted by Gasteiger charge is -2.18. The molecule has 0 spiro atoms. The van der Waals surface area contributed by atoms with E-state index in [0.717, 1.165) is 18.4 Å². The molecule has 1 atom stereocenters. The summed E-state index contributed by atoms with van der Waals surface area (Å²) in [4.78, 5) is 24.4. The third kappa shape index (κ3) is 5.48. The average molecular weight is 307 g/mol. The third-order valence-corrected chi connectivity index (χ3v) is 3.15. The van der Waals surface area contributed by atoms with E-state index in [1.54, 1.807) is 13.0 Å². The van der Waals surface area contributed by atoms with Crippen molar-refractivity contribution in [3.05, 3.63) is 35.4 Å². The second kappa shape index (κ2) is 9.95. The van der Waals surface area contributed by atoms with Crippen LogP contribution in [0.2, 0.25) is 0 Å². The van der Waals surface area contributed by atoms with Gasteiger partial charge in [-0.1, -0.05) is 31.5 Å². The molecule has 0 saturated heterocycles. The fourth-order valence-electron chi connectivity index (χ4n) is 2.11. The number of rotatable bonds is 9. The monoisotopic (exact) mass is 307 g/mol. The summed E-state index contributed by atoms with van der Waals surface area (Å²) in [5.74, 6) is -0.751. The molecule has 0 saturated carbocycles. The zero-order valence-corrected chi connectivity index (χ0v) is 13.6. The Morgan fingerprint density at radius 2 is 1.86 bits per heavy atom. The van der Waals surface area contributed by atoms with Crippen LogP contribution in [0.1, 0.15) is 43.1 Å². The van der Waals surface area contributed by atoms with Crippen LogP contribution < -0.4 is 5.32 Å². The van der Waals surface area contributed by atoms with Crippen LogP contribution in [0.25, 0.3) is 0 Å². The molecule has 1 N–H and O–H groups in total. The van der Waals surface area contributed by atoms with Crippen molar-refractivity contribution in [2.45, 2.75) is 39.7 Å². The Hall–Kier alpha value is -1.88. The molecule has 5 nitrogen and oxygen atoms in total. The number of ether oxygens (including phenoxy) is 2. The fraction of sp³-hybridized carbons (Fsp3) is 0.529. The predicted octanol–water partition coefficient (Wildman–Crippen LogP) is 2.34. The Bertz CT molecular complexity index is 487. The first-order chi connectivity index (χ1) is 10.6. The average Bonchev–Trinajstić information content (AvgIpc) is 2.52. The van der Waals surface area contributed by atoms with Crippen LogP contribution in [0, 0.1) is 0 Å². The first-order valence-corrected chi connectivity index (χ1v) is 7.77. The largest absolute Gasteiger partial charge is 0.464 e. The first kappa shape index (κ1) is 18.2. The predicted molar refractivity (Wildman–Crippen MR) is 84.8 cm³/mol. The summed E-state index contributed by atoms with van der Waals surface area (Å²) in [6.45, 7) is 6.47. The van der Waals surface area contributed by atoms with Gasteiger partial charge in [-0.15, -0.1) is 0 Å². The van der Waals surface area contributed by atoms with E-state index in [9.17, 15) is 9.59 Å². The van der Waals surface area contributed by atoms with Gasteiger partial charge in [-0.05, 0) is 31.9 Å². The summed E-state index contributed by atoms with van der Waals surface area (Å²) in [5, 5.41) is 2.71. The van der Waals surface area contributed by atoms with Crippen molar-refractivity contribution in [1.29, 1.82) is 0 Å². The molecule has 1 aromatic rings. The molecule has 0 heterocycles. The van der Waals surface area contributed by atoms with Gasteiger partial charge in [-0.25, -0.2) is 4.79 Å². The van der Waals surface area contributed by atoms with Gasteiger partial charge in [-0.2, -0.15) is 0 Å². The Balaban J connectivity index is 2.83. The highest BCUT2D eigenvalue weighted by Gasteiger charge is 2.23. The summed E-state index contributed by atoms with van der Waals surface area (Å²) in [6, 6.07) is 6.63. The summed E-state index contributed by atoms with van der Waals surface area (Å²) < 4.78 is 10.2.